The van der Waals surface area contributed by atoms with Gasteiger partial charge in [0.1, 0.15) is 12.4 Å². The maximum atomic E-state index is 12.6. The van der Waals surface area contributed by atoms with Gasteiger partial charge in [-0.2, -0.15) is 8.42 Å². The first-order chi connectivity index (χ1) is 20.7. The first-order valence-corrected chi connectivity index (χ1v) is 17.3. The van der Waals surface area contributed by atoms with E-state index in [0.29, 0.717) is 30.8 Å². The van der Waals surface area contributed by atoms with Crippen molar-refractivity contribution in [3.05, 3.63) is 107 Å². The van der Waals surface area contributed by atoms with E-state index in [4.69, 9.17) is 8.92 Å². The van der Waals surface area contributed by atoms with Crippen LogP contribution in [-0.2, 0) is 27.3 Å². The van der Waals surface area contributed by atoms with Crippen molar-refractivity contribution in [1.82, 2.24) is 0 Å². The molecule has 1 fully saturated rings. The van der Waals surface area contributed by atoms with Crippen molar-refractivity contribution in [3.8, 4) is 5.75 Å². The van der Waals surface area contributed by atoms with Crippen LogP contribution in [-0.4, -0.2) is 26.2 Å². The Morgan fingerprint density at radius 2 is 1.77 bits per heavy atom. The van der Waals surface area contributed by atoms with Gasteiger partial charge in [0.2, 0.25) is 0 Å². The van der Waals surface area contributed by atoms with Gasteiger partial charge in [0.15, 0.2) is 0 Å². The molecular weight excluding hydrogens is 556 g/mol. The van der Waals surface area contributed by atoms with Gasteiger partial charge in [-0.1, -0.05) is 85.5 Å². The van der Waals surface area contributed by atoms with Crippen LogP contribution < -0.4 is 4.74 Å². The number of fused-ring (bicyclic) bond motifs is 5. The monoisotopic (exact) mass is 600 g/mol. The van der Waals surface area contributed by atoms with Crippen molar-refractivity contribution in [2.24, 2.45) is 17.3 Å². The van der Waals surface area contributed by atoms with Gasteiger partial charge in [-0.25, -0.2) is 0 Å². The highest BCUT2D eigenvalue weighted by atomic mass is 32.2. The third-order valence-electron chi connectivity index (χ3n) is 10.2. The van der Waals surface area contributed by atoms with Gasteiger partial charge in [0.25, 0.3) is 10.1 Å². The zero-order valence-electron chi connectivity index (χ0n) is 25.4. The molecule has 5 nitrogen and oxygen atoms in total. The number of aryl methyl sites for hydroxylation is 1. The second-order valence-corrected chi connectivity index (χ2v) is 14.7. The summed E-state index contributed by atoms with van der Waals surface area (Å²) < 4.78 is 36.7. The molecule has 0 spiro atoms. The highest BCUT2D eigenvalue weighted by Gasteiger charge is 2.52. The summed E-state index contributed by atoms with van der Waals surface area (Å²) in [5.41, 5.74) is 6.38. The fraction of sp³-hybridized carbons (Fsp3) is 0.459. The molecule has 0 unspecified atom stereocenters. The lowest BCUT2D eigenvalue weighted by Gasteiger charge is -2.50. The van der Waals surface area contributed by atoms with Crippen molar-refractivity contribution in [2.45, 2.75) is 88.7 Å². The average molecular weight is 601 g/mol. The lowest BCUT2D eigenvalue weighted by Crippen LogP contribution is -2.43. The summed E-state index contributed by atoms with van der Waals surface area (Å²) in [4.78, 5) is 0.213. The van der Waals surface area contributed by atoms with Crippen LogP contribution in [0.2, 0.25) is 0 Å². The van der Waals surface area contributed by atoms with Crippen LogP contribution in [0.25, 0.3) is 0 Å². The fourth-order valence-corrected chi connectivity index (χ4v) is 8.75. The molecule has 3 aliphatic rings. The molecule has 0 heterocycles. The Labute approximate surface area is 257 Å². The average Bonchev–Trinajstić information content (AvgIpc) is 3.32. The molecule has 3 aromatic carbocycles. The number of rotatable bonds is 11. The zero-order chi connectivity index (χ0) is 30.0. The van der Waals surface area contributed by atoms with Crippen LogP contribution in [0.4, 0.5) is 0 Å². The molecule has 1 saturated carbocycles. The van der Waals surface area contributed by atoms with Crippen molar-refractivity contribution < 1.29 is 22.4 Å². The molecule has 6 rings (SSSR count). The van der Waals surface area contributed by atoms with Crippen LogP contribution >= 0.6 is 0 Å². The van der Waals surface area contributed by atoms with E-state index in [1.807, 2.05) is 25.1 Å². The summed E-state index contributed by atoms with van der Waals surface area (Å²) in [5, 5.41) is 10.9. The number of ether oxygens (including phenoxy) is 1. The van der Waals surface area contributed by atoms with Crippen LogP contribution in [0.15, 0.2) is 89.3 Å². The fourth-order valence-electron chi connectivity index (χ4n) is 7.80. The van der Waals surface area contributed by atoms with Gasteiger partial charge >= 0.3 is 0 Å². The first kappa shape index (κ1) is 30.1. The van der Waals surface area contributed by atoms with Gasteiger partial charge in [-0.05, 0) is 104 Å². The van der Waals surface area contributed by atoms with E-state index in [1.165, 1.54) is 16.7 Å². The second-order valence-electron chi connectivity index (χ2n) is 13.0. The number of hydrogen-bond acceptors (Lipinski definition) is 5. The van der Waals surface area contributed by atoms with E-state index in [1.54, 1.807) is 24.3 Å². The topological polar surface area (TPSA) is 72.8 Å². The molecule has 0 aromatic heterocycles. The molecule has 0 radical (unpaired) electrons. The third-order valence-corrected chi connectivity index (χ3v) is 11.6. The molecular formula is C37H44O5S. The van der Waals surface area contributed by atoms with Gasteiger partial charge in [0, 0.05) is 5.41 Å². The molecule has 5 atom stereocenters. The summed E-state index contributed by atoms with van der Waals surface area (Å²) in [7, 11) is -3.73. The number of aliphatic hydroxyl groups excluding tert-OH is 1. The molecule has 0 bridgehead atoms. The highest BCUT2D eigenvalue weighted by Crippen LogP contribution is 2.60. The Morgan fingerprint density at radius 3 is 2.56 bits per heavy atom. The van der Waals surface area contributed by atoms with Crippen LogP contribution in [0.3, 0.4) is 0 Å². The molecule has 0 aliphatic heterocycles. The number of aliphatic hydroxyl groups is 1. The third kappa shape index (κ3) is 6.33. The number of unbranched alkanes of at least 4 members (excludes halogenated alkanes) is 2. The van der Waals surface area contributed by atoms with Gasteiger partial charge in [-0.3, -0.25) is 4.18 Å². The molecule has 0 saturated heterocycles. The SMILES string of the molecule is Cc1ccc(S(=O)(=O)OCCCCC[C@@H]2Cc3cc(OCc4ccccc4)ccc3[C@H]3CC[C@@]4(C)C(=CC[C@@H]4O)[C@H]23)cc1. The van der Waals surface area contributed by atoms with E-state index >= 15 is 0 Å². The maximum absolute atomic E-state index is 12.6. The summed E-state index contributed by atoms with van der Waals surface area (Å²) in [5.74, 6) is 2.31. The smallest absolute Gasteiger partial charge is 0.296 e. The van der Waals surface area contributed by atoms with E-state index < -0.39 is 10.1 Å². The first-order valence-electron chi connectivity index (χ1n) is 15.9. The molecule has 43 heavy (non-hydrogen) atoms. The summed E-state index contributed by atoms with van der Waals surface area (Å²) in [6.07, 6.45) is 9.65. The van der Waals surface area contributed by atoms with Crippen molar-refractivity contribution >= 4 is 10.1 Å². The number of benzene rings is 3. The van der Waals surface area contributed by atoms with Gasteiger partial charge in [0.05, 0.1) is 17.6 Å². The quantitative estimate of drug-likeness (QED) is 0.138. The van der Waals surface area contributed by atoms with Gasteiger partial charge < -0.3 is 9.84 Å². The Bertz CT molecular complexity index is 1550. The predicted octanol–water partition coefficient (Wildman–Crippen LogP) is 7.90. The molecule has 3 aliphatic carbocycles. The zero-order valence-corrected chi connectivity index (χ0v) is 26.2. The van der Waals surface area contributed by atoms with E-state index in [-0.39, 0.29) is 23.0 Å². The Kier molecular flexibility index (Phi) is 8.81. The summed E-state index contributed by atoms with van der Waals surface area (Å²) >= 11 is 0. The van der Waals surface area contributed by atoms with Crippen molar-refractivity contribution in [3.63, 3.8) is 0 Å². The normalized spacial score (nSPS) is 26.3. The summed E-state index contributed by atoms with van der Waals surface area (Å²) in [6, 6.07) is 23.8. The number of hydrogen-bond donors (Lipinski definition) is 1. The van der Waals surface area contributed by atoms with Crippen LogP contribution in [0, 0.1) is 24.2 Å². The molecule has 0 amide bonds. The second kappa shape index (κ2) is 12.6. The minimum atomic E-state index is -3.73. The Hall–Kier alpha value is -2.93. The molecule has 6 heteroatoms. The molecule has 228 valence electrons. The van der Waals surface area contributed by atoms with Crippen molar-refractivity contribution in [2.75, 3.05) is 6.61 Å². The molecule has 1 N–H and O–H groups in total. The van der Waals surface area contributed by atoms with Crippen molar-refractivity contribution in [1.29, 1.82) is 0 Å². The van der Waals surface area contributed by atoms with Crippen LogP contribution in [0.1, 0.15) is 80.0 Å². The minimum Gasteiger partial charge on any atom is -0.489 e. The lowest BCUT2D eigenvalue weighted by molar-refractivity contribution is 0.0384. The van der Waals surface area contributed by atoms with Crippen LogP contribution in [0.5, 0.6) is 5.75 Å². The largest absolute Gasteiger partial charge is 0.489 e. The van der Waals surface area contributed by atoms with E-state index in [2.05, 4.69) is 43.3 Å². The minimum absolute atomic E-state index is 0.117. The lowest BCUT2D eigenvalue weighted by atomic mass is 9.54. The molecule has 3 aromatic rings. The summed E-state index contributed by atoms with van der Waals surface area (Å²) in [6.45, 7) is 4.96. The van der Waals surface area contributed by atoms with Gasteiger partial charge in [-0.15, -0.1) is 0 Å². The standard InChI is InChI=1S/C37H44O5S/c1-26-12-15-31(16-13-26)43(39,40)42-22-8-4-7-11-28-23-29-24-30(41-25-27-9-5-3-6-10-27)14-17-32(29)33-20-21-37(2)34(36(28)33)18-19-35(37)38/h3,5-6,9-10,12-18,24,28,33,35-36,38H,4,7-8,11,19-23,25H2,1-2H3/t28-,33-,35+,36-,37+/m1/s1. The van der Waals surface area contributed by atoms with E-state index in [9.17, 15) is 13.5 Å². The predicted molar refractivity (Wildman–Crippen MR) is 169 cm³/mol. The highest BCUT2D eigenvalue weighted by molar-refractivity contribution is 7.86. The Morgan fingerprint density at radius 1 is 0.977 bits per heavy atom. The van der Waals surface area contributed by atoms with E-state index in [0.717, 1.165) is 61.8 Å². The maximum Gasteiger partial charge on any atom is 0.296 e. The Balaban J connectivity index is 1.12.